The lowest BCUT2D eigenvalue weighted by Crippen LogP contribution is -1.89. The average molecular weight is 766 g/mol. The van der Waals surface area contributed by atoms with E-state index in [1.165, 1.54) is 23.5 Å². The minimum Gasteiger partial charge on any atom is -0.431 e. The molecule has 0 atom stereocenters. The summed E-state index contributed by atoms with van der Waals surface area (Å²) in [5, 5.41) is 19.0. The fourth-order valence-electron chi connectivity index (χ4n) is 5.53. The van der Waals surface area contributed by atoms with Crippen LogP contribution < -0.4 is 0 Å². The maximum absolute atomic E-state index is 6.38. The van der Waals surface area contributed by atoms with E-state index < -0.39 is 0 Å². The third-order valence-electron chi connectivity index (χ3n) is 7.89. The van der Waals surface area contributed by atoms with Crippen molar-refractivity contribution in [2.45, 2.75) is 34.8 Å². The number of hydrogen-bond acceptors (Lipinski definition) is 12. The molecular formula is C38H26Cl2N6O4S2. The van der Waals surface area contributed by atoms with Gasteiger partial charge in [-0.3, -0.25) is 0 Å². The number of thioether (sulfide) groups is 2. The van der Waals surface area contributed by atoms with Crippen molar-refractivity contribution in [1.29, 1.82) is 0 Å². The van der Waals surface area contributed by atoms with Crippen LogP contribution in [-0.2, 0) is 24.3 Å². The summed E-state index contributed by atoms with van der Waals surface area (Å²) >= 11 is 14.8. The summed E-state index contributed by atoms with van der Waals surface area (Å²) in [6, 6.07) is 22.7. The highest BCUT2D eigenvalue weighted by Crippen LogP contribution is 2.38. The topological polar surface area (TPSA) is 130 Å². The molecular weight excluding hydrogens is 739 g/mol. The second-order valence-electron chi connectivity index (χ2n) is 11.5. The Hall–Kier alpha value is -5.14. The van der Waals surface area contributed by atoms with Gasteiger partial charge in [0.25, 0.3) is 10.4 Å². The number of fused-ring (bicyclic) bond motifs is 2. The Labute approximate surface area is 315 Å². The SMILES string of the molecule is C=CCc1cc(-c2cc(CC=C)c3oc(SCc4nnc(-c5ccc(Cl)cc5)o4)nc3c2)c2oc(SCc3nnc(-c4ccc(Cl)cc4)o3)nc2c1. The predicted octanol–water partition coefficient (Wildman–Crippen LogP) is 11.1. The number of hydrogen-bond donors (Lipinski definition) is 0. The van der Waals surface area contributed by atoms with Gasteiger partial charge in [-0.25, -0.2) is 9.97 Å². The van der Waals surface area contributed by atoms with E-state index >= 15 is 0 Å². The van der Waals surface area contributed by atoms with E-state index in [-0.39, 0.29) is 0 Å². The molecule has 0 aliphatic heterocycles. The Morgan fingerprint density at radius 2 is 1.12 bits per heavy atom. The fraction of sp³-hybridized carbons (Fsp3) is 0.105. The zero-order valence-corrected chi connectivity index (χ0v) is 30.4. The lowest BCUT2D eigenvalue weighted by atomic mass is 9.97. The van der Waals surface area contributed by atoms with Crippen LogP contribution in [0.15, 0.2) is 126 Å². The predicted molar refractivity (Wildman–Crippen MR) is 203 cm³/mol. The Bertz CT molecular complexity index is 2560. The molecule has 4 aromatic heterocycles. The van der Waals surface area contributed by atoms with E-state index in [1.807, 2.05) is 48.6 Å². The van der Waals surface area contributed by atoms with Crippen LogP contribution in [0.25, 0.3) is 56.2 Å². The summed E-state index contributed by atoms with van der Waals surface area (Å²) < 4.78 is 24.4. The van der Waals surface area contributed by atoms with Gasteiger partial charge in [-0.2, -0.15) is 0 Å². The van der Waals surface area contributed by atoms with E-state index in [0.29, 0.717) is 85.1 Å². The van der Waals surface area contributed by atoms with Crippen LogP contribution in [0, 0.1) is 0 Å². The minimum absolute atomic E-state index is 0.378. The van der Waals surface area contributed by atoms with Crippen molar-refractivity contribution in [2.75, 3.05) is 0 Å². The number of aromatic nitrogens is 6. The summed E-state index contributed by atoms with van der Waals surface area (Å²) in [5.41, 5.74) is 8.11. The first-order valence-electron chi connectivity index (χ1n) is 15.9. The van der Waals surface area contributed by atoms with Crippen LogP contribution >= 0.6 is 46.7 Å². The van der Waals surface area contributed by atoms with Gasteiger partial charge in [-0.15, -0.1) is 33.6 Å². The largest absolute Gasteiger partial charge is 0.431 e. The number of allylic oxidation sites excluding steroid dienone is 2. The van der Waals surface area contributed by atoms with Crippen LogP contribution in [0.3, 0.4) is 0 Å². The molecule has 0 saturated carbocycles. The third kappa shape index (κ3) is 7.28. The Morgan fingerprint density at radius 3 is 1.67 bits per heavy atom. The number of rotatable bonds is 13. The van der Waals surface area contributed by atoms with E-state index in [2.05, 4.69) is 45.7 Å². The summed E-state index contributed by atoms with van der Waals surface area (Å²) in [6.45, 7) is 7.91. The van der Waals surface area contributed by atoms with Crippen molar-refractivity contribution >= 4 is 68.9 Å². The van der Waals surface area contributed by atoms with E-state index in [9.17, 15) is 0 Å². The second kappa shape index (κ2) is 14.8. The average Bonchev–Trinajstić information content (AvgIpc) is 3.97. The zero-order chi connectivity index (χ0) is 35.6. The highest BCUT2D eigenvalue weighted by atomic mass is 35.5. The molecule has 10 nitrogen and oxygen atoms in total. The van der Waals surface area contributed by atoms with Gasteiger partial charge in [0.2, 0.25) is 23.6 Å². The lowest BCUT2D eigenvalue weighted by molar-refractivity contribution is 0.484. The van der Waals surface area contributed by atoms with Gasteiger partial charge in [0.1, 0.15) is 11.0 Å². The van der Waals surface area contributed by atoms with Gasteiger partial charge in [0, 0.05) is 32.3 Å². The van der Waals surface area contributed by atoms with Crippen LogP contribution in [-0.4, -0.2) is 30.4 Å². The van der Waals surface area contributed by atoms with Gasteiger partial charge in [0.15, 0.2) is 11.2 Å². The van der Waals surface area contributed by atoms with Crippen LogP contribution in [0.4, 0.5) is 0 Å². The van der Waals surface area contributed by atoms with Gasteiger partial charge < -0.3 is 17.7 Å². The molecule has 0 spiro atoms. The molecule has 0 aliphatic rings. The lowest BCUT2D eigenvalue weighted by Gasteiger charge is -2.08. The van der Waals surface area contributed by atoms with Gasteiger partial charge in [0.05, 0.1) is 11.5 Å². The molecule has 0 amide bonds. The Morgan fingerprint density at radius 1 is 0.577 bits per heavy atom. The summed E-state index contributed by atoms with van der Waals surface area (Å²) in [7, 11) is 0. The standard InChI is InChI=1S/C38H26Cl2N6O4S2/c1-3-5-21-15-28(34-29(16-21)41-38(50-34)52-20-32-44-46-36(48-32)23-9-13-27(40)14-10-23)25-17-24(6-4-2)33-30(18-25)42-37(49-33)51-19-31-43-45-35(47-31)22-7-11-26(39)12-8-22/h3-4,7-18H,1-2,5-6,19-20H2. The molecule has 0 unspecified atom stereocenters. The minimum atomic E-state index is 0.378. The van der Waals surface area contributed by atoms with Crippen molar-refractivity contribution in [3.05, 3.63) is 131 Å². The van der Waals surface area contributed by atoms with Crippen LogP contribution in [0.5, 0.6) is 0 Å². The molecule has 0 fully saturated rings. The first kappa shape index (κ1) is 34.0. The summed E-state index contributed by atoms with van der Waals surface area (Å²) in [4.78, 5) is 9.64. The summed E-state index contributed by atoms with van der Waals surface area (Å²) in [5.74, 6) is 2.49. The molecule has 8 rings (SSSR count). The van der Waals surface area contributed by atoms with Crippen LogP contribution in [0.2, 0.25) is 10.0 Å². The quantitative estimate of drug-likeness (QED) is 0.0818. The van der Waals surface area contributed by atoms with Crippen molar-refractivity contribution < 1.29 is 17.7 Å². The Balaban J connectivity index is 1.06. The van der Waals surface area contributed by atoms with Crippen molar-refractivity contribution in [1.82, 2.24) is 30.4 Å². The van der Waals surface area contributed by atoms with Crippen molar-refractivity contribution in [2.24, 2.45) is 0 Å². The van der Waals surface area contributed by atoms with Crippen molar-refractivity contribution in [3.8, 4) is 34.0 Å². The molecule has 0 radical (unpaired) electrons. The Kier molecular flexibility index (Phi) is 9.70. The van der Waals surface area contributed by atoms with Gasteiger partial charge in [-0.05, 0) is 96.8 Å². The molecule has 52 heavy (non-hydrogen) atoms. The highest BCUT2D eigenvalue weighted by Gasteiger charge is 2.20. The monoisotopic (exact) mass is 764 g/mol. The summed E-state index contributed by atoms with van der Waals surface area (Å²) in [6.07, 6.45) is 4.94. The first-order valence-corrected chi connectivity index (χ1v) is 18.7. The molecule has 0 bridgehead atoms. The second-order valence-corrected chi connectivity index (χ2v) is 14.2. The number of halogens is 2. The first-order chi connectivity index (χ1) is 25.4. The maximum Gasteiger partial charge on any atom is 0.257 e. The molecule has 0 N–H and O–H groups in total. The molecule has 14 heteroatoms. The molecule has 0 aliphatic carbocycles. The number of benzene rings is 4. The van der Waals surface area contributed by atoms with Gasteiger partial charge >= 0.3 is 0 Å². The zero-order valence-electron chi connectivity index (χ0n) is 27.2. The van der Waals surface area contributed by atoms with Gasteiger partial charge in [-0.1, -0.05) is 58.9 Å². The van der Waals surface area contributed by atoms with Crippen molar-refractivity contribution in [3.63, 3.8) is 0 Å². The fourth-order valence-corrected chi connectivity index (χ4v) is 7.12. The smallest absolute Gasteiger partial charge is 0.257 e. The highest BCUT2D eigenvalue weighted by molar-refractivity contribution is 7.98. The molecule has 0 saturated heterocycles. The normalized spacial score (nSPS) is 11.5. The molecule has 4 aromatic carbocycles. The van der Waals surface area contributed by atoms with Crippen LogP contribution in [0.1, 0.15) is 22.9 Å². The van der Waals surface area contributed by atoms with E-state index in [1.54, 1.807) is 24.3 Å². The third-order valence-corrected chi connectivity index (χ3v) is 10.0. The maximum atomic E-state index is 6.38. The molecule has 258 valence electrons. The molecule has 4 heterocycles. The van der Waals surface area contributed by atoms with E-state index in [0.717, 1.165) is 38.9 Å². The van der Waals surface area contributed by atoms with E-state index in [4.69, 9.17) is 50.8 Å². The number of oxazole rings is 2. The molecule has 8 aromatic rings. The number of nitrogens with zero attached hydrogens (tertiary/aromatic N) is 6.